The first-order chi connectivity index (χ1) is 14.4. The van der Waals surface area contributed by atoms with Crippen LogP contribution in [0.3, 0.4) is 0 Å². The molecule has 0 saturated carbocycles. The Bertz CT molecular complexity index is 1130. The number of aromatic nitrogens is 3. The van der Waals surface area contributed by atoms with Crippen molar-refractivity contribution in [3.05, 3.63) is 48.7 Å². The van der Waals surface area contributed by atoms with Crippen molar-refractivity contribution < 1.29 is 13.2 Å². The maximum Gasteiger partial charge on any atom is 0.238 e. The molecule has 11 heteroatoms. The number of rotatable bonds is 5. The minimum atomic E-state index is -3.75. The largest absolute Gasteiger partial charge is 0.384 e. The molecule has 2 aromatic heterocycles. The molecule has 10 nitrogen and oxygen atoms in total. The van der Waals surface area contributed by atoms with Gasteiger partial charge in [-0.25, -0.2) is 23.5 Å². The molecular formula is C19H21N7O3S. The predicted molar refractivity (Wildman–Crippen MR) is 114 cm³/mol. The number of sulfonamides is 1. The van der Waals surface area contributed by atoms with Gasteiger partial charge in [-0.05, 0) is 36.4 Å². The Morgan fingerprint density at radius 3 is 2.40 bits per heavy atom. The molecule has 0 amide bonds. The van der Waals surface area contributed by atoms with Crippen LogP contribution in [0, 0.1) is 0 Å². The van der Waals surface area contributed by atoms with E-state index in [2.05, 4.69) is 20.3 Å². The molecule has 4 rings (SSSR count). The summed E-state index contributed by atoms with van der Waals surface area (Å²) in [5.41, 5.74) is 7.84. The van der Waals surface area contributed by atoms with Crippen LogP contribution in [-0.2, 0) is 14.8 Å². The summed E-state index contributed by atoms with van der Waals surface area (Å²) in [6, 6.07) is 11.5. The molecule has 3 aromatic rings. The van der Waals surface area contributed by atoms with E-state index in [1.54, 1.807) is 30.5 Å². The van der Waals surface area contributed by atoms with Gasteiger partial charge < -0.3 is 20.7 Å². The van der Waals surface area contributed by atoms with Crippen LogP contribution in [0.4, 0.5) is 23.3 Å². The van der Waals surface area contributed by atoms with Gasteiger partial charge in [-0.15, -0.1) is 0 Å². The number of primary sulfonamides is 1. The zero-order chi connectivity index (χ0) is 21.1. The lowest BCUT2D eigenvalue weighted by molar-refractivity contribution is 0.122. The highest BCUT2D eigenvalue weighted by molar-refractivity contribution is 7.89. The second-order valence-electron chi connectivity index (χ2n) is 6.70. The molecule has 0 aliphatic carbocycles. The van der Waals surface area contributed by atoms with E-state index in [9.17, 15) is 8.42 Å². The lowest BCUT2D eigenvalue weighted by Crippen LogP contribution is -2.37. The number of hydrogen-bond donors (Lipinski definition) is 3. The summed E-state index contributed by atoms with van der Waals surface area (Å²) in [5.74, 6) is 1.55. The van der Waals surface area contributed by atoms with Crippen molar-refractivity contribution >= 4 is 33.3 Å². The summed E-state index contributed by atoms with van der Waals surface area (Å²) in [7, 11) is -3.75. The Balaban J connectivity index is 1.68. The van der Waals surface area contributed by atoms with Gasteiger partial charge in [0.15, 0.2) is 0 Å². The van der Waals surface area contributed by atoms with Gasteiger partial charge in [-0.2, -0.15) is 4.98 Å². The number of morpholine rings is 1. The Morgan fingerprint density at radius 1 is 1.03 bits per heavy atom. The van der Waals surface area contributed by atoms with Crippen LogP contribution in [0.15, 0.2) is 53.6 Å². The van der Waals surface area contributed by atoms with Gasteiger partial charge in [-0.1, -0.05) is 0 Å². The maximum absolute atomic E-state index is 11.5. The van der Waals surface area contributed by atoms with Crippen molar-refractivity contribution in [3.63, 3.8) is 0 Å². The first-order valence-corrected chi connectivity index (χ1v) is 10.8. The fourth-order valence-corrected chi connectivity index (χ4v) is 3.50. The summed E-state index contributed by atoms with van der Waals surface area (Å²) in [6.07, 6.45) is 1.66. The van der Waals surface area contributed by atoms with Crippen LogP contribution in [0.2, 0.25) is 0 Å². The topological polar surface area (TPSA) is 149 Å². The lowest BCUT2D eigenvalue weighted by Gasteiger charge is -2.27. The van der Waals surface area contributed by atoms with Gasteiger partial charge in [0.1, 0.15) is 11.6 Å². The second-order valence-corrected chi connectivity index (χ2v) is 8.27. The van der Waals surface area contributed by atoms with E-state index >= 15 is 0 Å². The Labute approximate surface area is 174 Å². The van der Waals surface area contributed by atoms with Gasteiger partial charge >= 0.3 is 0 Å². The normalized spacial score (nSPS) is 14.5. The average Bonchev–Trinajstić information content (AvgIpc) is 2.74. The van der Waals surface area contributed by atoms with Crippen LogP contribution in [0.1, 0.15) is 0 Å². The number of nitrogens with one attached hydrogen (secondary N) is 1. The van der Waals surface area contributed by atoms with E-state index < -0.39 is 10.0 Å². The van der Waals surface area contributed by atoms with E-state index in [1.807, 2.05) is 11.0 Å². The zero-order valence-corrected chi connectivity index (χ0v) is 16.8. The van der Waals surface area contributed by atoms with Crippen LogP contribution in [-0.4, -0.2) is 49.7 Å². The highest BCUT2D eigenvalue weighted by Crippen LogP contribution is 2.26. The summed E-state index contributed by atoms with van der Waals surface area (Å²) in [5, 5.41) is 8.35. The zero-order valence-electron chi connectivity index (χ0n) is 16.0. The number of nitrogens with zero attached hydrogens (tertiary/aromatic N) is 4. The number of benzene rings is 1. The Morgan fingerprint density at radius 2 is 1.77 bits per heavy atom. The Hall–Kier alpha value is -3.28. The molecule has 0 spiro atoms. The van der Waals surface area contributed by atoms with E-state index in [1.165, 1.54) is 12.1 Å². The molecule has 0 bridgehead atoms. The molecular weight excluding hydrogens is 406 g/mol. The maximum atomic E-state index is 11.5. The summed E-state index contributed by atoms with van der Waals surface area (Å²) >= 11 is 0. The summed E-state index contributed by atoms with van der Waals surface area (Å²) < 4.78 is 28.3. The SMILES string of the molecule is Nc1ccc(-c2cc(Nc3ccc(S(N)(=O)=O)cc3)nc(N3CCOCC3)n2)cn1. The van der Waals surface area contributed by atoms with Gasteiger partial charge in [0.2, 0.25) is 16.0 Å². The second kappa shape index (κ2) is 8.22. The molecule has 1 fully saturated rings. The molecule has 0 atom stereocenters. The molecule has 0 unspecified atom stereocenters. The van der Waals surface area contributed by atoms with Crippen LogP contribution in [0.5, 0.6) is 0 Å². The summed E-state index contributed by atoms with van der Waals surface area (Å²) in [4.78, 5) is 15.5. The van der Waals surface area contributed by atoms with Gasteiger partial charge in [-0.3, -0.25) is 0 Å². The first-order valence-electron chi connectivity index (χ1n) is 9.22. The van der Waals surface area contributed by atoms with Crippen LogP contribution in [0.25, 0.3) is 11.3 Å². The summed E-state index contributed by atoms with van der Waals surface area (Å²) in [6.45, 7) is 2.58. The average molecular weight is 427 g/mol. The van der Waals surface area contributed by atoms with Crippen molar-refractivity contribution in [2.45, 2.75) is 4.90 Å². The molecule has 156 valence electrons. The minimum absolute atomic E-state index is 0.0402. The molecule has 3 heterocycles. The quantitative estimate of drug-likeness (QED) is 0.548. The fraction of sp³-hybridized carbons (Fsp3) is 0.211. The third-order valence-electron chi connectivity index (χ3n) is 4.55. The smallest absolute Gasteiger partial charge is 0.238 e. The Kier molecular flexibility index (Phi) is 5.48. The van der Waals surface area contributed by atoms with E-state index in [0.717, 1.165) is 5.56 Å². The van der Waals surface area contributed by atoms with Gasteiger partial charge in [0.05, 0.1) is 23.8 Å². The number of pyridine rings is 1. The van der Waals surface area contributed by atoms with Gasteiger partial charge in [0.25, 0.3) is 0 Å². The molecule has 1 saturated heterocycles. The number of anilines is 4. The molecule has 0 radical (unpaired) electrons. The number of ether oxygens (including phenoxy) is 1. The van der Waals surface area contributed by atoms with E-state index in [-0.39, 0.29) is 4.90 Å². The third-order valence-corrected chi connectivity index (χ3v) is 5.47. The standard InChI is InChI=1S/C19H21N7O3S/c20-17-6-1-13(12-22-17)16-11-18(25-19(24-16)26-7-9-29-10-8-26)23-14-2-4-15(5-3-14)30(21,27)28/h1-6,11-12H,7-10H2,(H2,20,22)(H2,21,27,28)(H,23,24,25). The van der Waals surface area contributed by atoms with Crippen molar-refractivity contribution in [2.24, 2.45) is 5.14 Å². The third kappa shape index (κ3) is 4.64. The molecule has 1 aliphatic rings. The number of nitrogens with two attached hydrogens (primary N) is 2. The highest BCUT2D eigenvalue weighted by Gasteiger charge is 2.17. The minimum Gasteiger partial charge on any atom is -0.384 e. The first kappa shape index (κ1) is 20.0. The van der Waals surface area contributed by atoms with Crippen LogP contribution < -0.4 is 21.1 Å². The van der Waals surface area contributed by atoms with E-state index in [4.69, 9.17) is 15.6 Å². The molecule has 5 N–H and O–H groups in total. The van der Waals surface area contributed by atoms with Crippen LogP contribution >= 0.6 is 0 Å². The highest BCUT2D eigenvalue weighted by atomic mass is 32.2. The van der Waals surface area contributed by atoms with Crippen molar-refractivity contribution in [2.75, 3.05) is 42.3 Å². The predicted octanol–water partition coefficient (Wildman–Crippen LogP) is 1.35. The number of hydrogen-bond acceptors (Lipinski definition) is 9. The fourth-order valence-electron chi connectivity index (χ4n) is 2.98. The molecule has 1 aliphatic heterocycles. The van der Waals surface area contributed by atoms with Crippen molar-refractivity contribution in [1.29, 1.82) is 0 Å². The lowest BCUT2D eigenvalue weighted by atomic mass is 10.2. The number of nitrogen functional groups attached to an aromatic ring is 1. The van der Waals surface area contributed by atoms with Crippen molar-refractivity contribution in [1.82, 2.24) is 15.0 Å². The van der Waals surface area contributed by atoms with Crippen molar-refractivity contribution in [3.8, 4) is 11.3 Å². The monoisotopic (exact) mass is 427 g/mol. The van der Waals surface area contributed by atoms with E-state index in [0.29, 0.717) is 55.3 Å². The van der Waals surface area contributed by atoms with Gasteiger partial charge in [0, 0.05) is 36.6 Å². The molecule has 30 heavy (non-hydrogen) atoms. The molecule has 1 aromatic carbocycles.